The molecule has 0 bridgehead atoms. The van der Waals surface area contributed by atoms with Gasteiger partial charge in [-0.1, -0.05) is 0 Å². The summed E-state index contributed by atoms with van der Waals surface area (Å²) in [6.45, 7) is 4.78. The Balaban J connectivity index is 2.69. The number of nitrogens with zero attached hydrogens (tertiary/aromatic N) is 1. The van der Waals surface area contributed by atoms with Crippen molar-refractivity contribution in [2.24, 2.45) is 0 Å². The molecule has 1 atom stereocenters. The molecule has 9 heteroatoms. The van der Waals surface area contributed by atoms with E-state index in [2.05, 4.69) is 5.32 Å². The van der Waals surface area contributed by atoms with Crippen molar-refractivity contribution in [1.82, 2.24) is 9.62 Å². The van der Waals surface area contributed by atoms with Gasteiger partial charge < -0.3 is 5.32 Å². The number of amides is 1. The molecule has 0 aliphatic carbocycles. The van der Waals surface area contributed by atoms with E-state index in [9.17, 15) is 21.6 Å². The molecule has 1 N–H and O–H groups in total. The van der Waals surface area contributed by atoms with Gasteiger partial charge in [0.2, 0.25) is 15.9 Å². The molecule has 0 spiro atoms. The second-order valence-corrected chi connectivity index (χ2v) is 10.2. The number of sulfone groups is 1. The maximum absolute atomic E-state index is 11.9. The Labute approximate surface area is 120 Å². The summed E-state index contributed by atoms with van der Waals surface area (Å²) in [6, 6.07) is -0.422. The fourth-order valence-corrected chi connectivity index (χ4v) is 5.18. The van der Waals surface area contributed by atoms with Gasteiger partial charge in [0.05, 0.1) is 24.3 Å². The van der Waals surface area contributed by atoms with Gasteiger partial charge in [0.1, 0.15) is 0 Å². The quantitative estimate of drug-likeness (QED) is 0.740. The highest BCUT2D eigenvalue weighted by molar-refractivity contribution is 7.91. The van der Waals surface area contributed by atoms with E-state index < -0.39 is 37.3 Å². The van der Waals surface area contributed by atoms with Crippen LogP contribution in [0.4, 0.5) is 0 Å². The van der Waals surface area contributed by atoms with Crippen LogP contribution >= 0.6 is 0 Å². The fourth-order valence-electron chi connectivity index (χ4n) is 2.16. The Bertz CT molecular complexity index is 574. The molecule has 0 aromatic carbocycles. The lowest BCUT2D eigenvalue weighted by atomic mass is 10.1. The zero-order valence-electron chi connectivity index (χ0n) is 12.2. The van der Waals surface area contributed by atoms with Crippen LogP contribution in [-0.4, -0.2) is 62.9 Å². The second kappa shape index (κ2) is 5.61. The Morgan fingerprint density at radius 2 is 1.90 bits per heavy atom. The van der Waals surface area contributed by atoms with Crippen molar-refractivity contribution in [3.63, 3.8) is 0 Å². The highest BCUT2D eigenvalue weighted by Crippen LogP contribution is 2.17. The number of rotatable bonds is 4. The minimum atomic E-state index is -3.52. The molecule has 7 nitrogen and oxygen atoms in total. The molecule has 1 saturated heterocycles. The molecule has 0 aromatic heterocycles. The number of sulfonamides is 1. The third-order valence-electron chi connectivity index (χ3n) is 3.03. The van der Waals surface area contributed by atoms with Gasteiger partial charge in [-0.2, -0.15) is 4.31 Å². The molecule has 1 amide bonds. The molecule has 20 heavy (non-hydrogen) atoms. The monoisotopic (exact) mass is 326 g/mol. The van der Waals surface area contributed by atoms with E-state index in [0.717, 1.165) is 10.6 Å². The van der Waals surface area contributed by atoms with E-state index in [1.165, 1.54) is 0 Å². The van der Waals surface area contributed by atoms with E-state index in [0.29, 0.717) is 6.42 Å². The van der Waals surface area contributed by atoms with Crippen LogP contribution < -0.4 is 5.32 Å². The first-order valence-electron chi connectivity index (χ1n) is 6.29. The van der Waals surface area contributed by atoms with Crippen LogP contribution in [0.15, 0.2) is 0 Å². The number of hydrogen-bond donors (Lipinski definition) is 1. The standard InChI is InChI=1S/C11H22N2O5S2/c1-11(2,3)13(19(4,15)16)7-10(14)12-9-5-6-20(17,18)8-9/h9H,5-8H2,1-4H3,(H,12,14). The number of hydrogen-bond acceptors (Lipinski definition) is 5. The lowest BCUT2D eigenvalue weighted by Crippen LogP contribution is -2.51. The van der Waals surface area contributed by atoms with Gasteiger partial charge in [0.25, 0.3) is 0 Å². The van der Waals surface area contributed by atoms with Crippen LogP contribution in [0.2, 0.25) is 0 Å². The van der Waals surface area contributed by atoms with Crippen molar-refractivity contribution in [1.29, 1.82) is 0 Å². The molecule has 1 aliphatic rings. The van der Waals surface area contributed by atoms with E-state index in [-0.39, 0.29) is 18.1 Å². The van der Waals surface area contributed by atoms with Crippen LogP contribution in [0.25, 0.3) is 0 Å². The van der Waals surface area contributed by atoms with Crippen molar-refractivity contribution in [2.45, 2.75) is 38.8 Å². The predicted octanol–water partition coefficient (Wildman–Crippen LogP) is -0.650. The smallest absolute Gasteiger partial charge is 0.235 e. The average molecular weight is 326 g/mol. The van der Waals surface area contributed by atoms with Crippen LogP contribution in [0, 0.1) is 0 Å². The fraction of sp³-hybridized carbons (Fsp3) is 0.909. The summed E-state index contributed by atoms with van der Waals surface area (Å²) in [5.41, 5.74) is -0.716. The molecule has 1 fully saturated rings. The number of carbonyl (C=O) groups excluding carboxylic acids is 1. The van der Waals surface area contributed by atoms with Gasteiger partial charge in [0, 0.05) is 11.6 Å². The highest BCUT2D eigenvalue weighted by atomic mass is 32.2. The van der Waals surface area contributed by atoms with Gasteiger partial charge in [-0.15, -0.1) is 0 Å². The van der Waals surface area contributed by atoms with E-state index in [1.807, 2.05) is 0 Å². The molecule has 118 valence electrons. The number of nitrogens with one attached hydrogen (secondary N) is 1. The Kier molecular flexibility index (Phi) is 4.87. The molecule has 1 aliphatic heterocycles. The van der Waals surface area contributed by atoms with Crippen molar-refractivity contribution < 1.29 is 21.6 Å². The molecule has 0 radical (unpaired) electrons. The summed E-state index contributed by atoms with van der Waals surface area (Å²) in [4.78, 5) is 11.9. The van der Waals surface area contributed by atoms with Gasteiger partial charge >= 0.3 is 0 Å². The van der Waals surface area contributed by atoms with Gasteiger partial charge in [0.15, 0.2) is 9.84 Å². The van der Waals surface area contributed by atoms with Crippen LogP contribution in [0.5, 0.6) is 0 Å². The predicted molar refractivity (Wildman–Crippen MR) is 76.5 cm³/mol. The van der Waals surface area contributed by atoms with Crippen molar-refractivity contribution >= 4 is 25.8 Å². The first-order chi connectivity index (χ1) is 8.81. The lowest BCUT2D eigenvalue weighted by molar-refractivity contribution is -0.122. The molecule has 0 aromatic rings. The third kappa shape index (κ3) is 5.02. The summed E-state index contributed by atoms with van der Waals surface area (Å²) in [5, 5.41) is 2.58. The van der Waals surface area contributed by atoms with Crippen molar-refractivity contribution in [2.75, 3.05) is 24.3 Å². The molecule has 1 heterocycles. The zero-order chi connectivity index (χ0) is 15.8. The Morgan fingerprint density at radius 3 is 2.25 bits per heavy atom. The summed E-state index contributed by atoms with van der Waals surface area (Å²) in [7, 11) is -6.59. The topological polar surface area (TPSA) is 101 Å². The minimum absolute atomic E-state index is 0.0625. The second-order valence-electron chi connectivity index (χ2n) is 6.11. The first kappa shape index (κ1) is 17.4. The minimum Gasteiger partial charge on any atom is -0.351 e. The Morgan fingerprint density at radius 1 is 1.35 bits per heavy atom. The lowest BCUT2D eigenvalue weighted by Gasteiger charge is -2.32. The summed E-state index contributed by atoms with van der Waals surface area (Å²) in [6.07, 6.45) is 1.42. The van der Waals surface area contributed by atoms with E-state index in [4.69, 9.17) is 0 Å². The highest BCUT2D eigenvalue weighted by Gasteiger charge is 2.33. The zero-order valence-corrected chi connectivity index (χ0v) is 13.8. The van der Waals surface area contributed by atoms with Gasteiger partial charge in [-0.05, 0) is 27.2 Å². The van der Waals surface area contributed by atoms with Crippen LogP contribution in [-0.2, 0) is 24.7 Å². The Hall–Kier alpha value is -0.670. The summed E-state index contributed by atoms with van der Waals surface area (Å²) in [5.74, 6) is -0.493. The molecule has 1 unspecified atom stereocenters. The van der Waals surface area contributed by atoms with Crippen molar-refractivity contribution in [3.05, 3.63) is 0 Å². The summed E-state index contributed by atoms with van der Waals surface area (Å²) < 4.78 is 47.1. The number of carbonyl (C=O) groups is 1. The van der Waals surface area contributed by atoms with Crippen LogP contribution in [0.3, 0.4) is 0 Å². The molecule has 0 saturated carbocycles. The third-order valence-corrected chi connectivity index (χ3v) is 6.28. The maximum atomic E-state index is 11.9. The maximum Gasteiger partial charge on any atom is 0.235 e. The van der Waals surface area contributed by atoms with E-state index >= 15 is 0 Å². The average Bonchev–Trinajstić information content (AvgIpc) is 2.51. The van der Waals surface area contributed by atoms with E-state index in [1.54, 1.807) is 20.8 Å². The SMILES string of the molecule is CC(C)(C)N(CC(=O)NC1CCS(=O)(=O)C1)S(C)(=O)=O. The van der Waals surface area contributed by atoms with Crippen molar-refractivity contribution in [3.8, 4) is 0 Å². The largest absolute Gasteiger partial charge is 0.351 e. The van der Waals surface area contributed by atoms with Gasteiger partial charge in [-0.25, -0.2) is 16.8 Å². The van der Waals surface area contributed by atoms with Gasteiger partial charge in [-0.3, -0.25) is 4.79 Å². The van der Waals surface area contributed by atoms with Crippen LogP contribution in [0.1, 0.15) is 27.2 Å². The first-order valence-corrected chi connectivity index (χ1v) is 9.96. The summed E-state index contributed by atoms with van der Waals surface area (Å²) >= 11 is 0. The molecular weight excluding hydrogens is 304 g/mol. The molecular formula is C11H22N2O5S2. The normalized spacial score (nSPS) is 22.9. The molecule has 1 rings (SSSR count).